The van der Waals surface area contributed by atoms with Gasteiger partial charge in [-0.2, -0.15) is 0 Å². The Morgan fingerprint density at radius 3 is 2.64 bits per heavy atom. The molecule has 5 heteroatoms. The van der Waals surface area contributed by atoms with Crippen molar-refractivity contribution in [3.05, 3.63) is 59.4 Å². The first-order valence-corrected chi connectivity index (χ1v) is 8.60. The van der Waals surface area contributed by atoms with E-state index in [1.54, 1.807) is 36.4 Å². The van der Waals surface area contributed by atoms with Gasteiger partial charge in [0, 0.05) is 5.56 Å². The fourth-order valence-corrected chi connectivity index (χ4v) is 2.96. The molecular formula is C20H22FNO3. The van der Waals surface area contributed by atoms with Crippen LogP contribution >= 0.6 is 0 Å². The maximum absolute atomic E-state index is 13.7. The molecule has 0 aliphatic heterocycles. The summed E-state index contributed by atoms with van der Waals surface area (Å²) in [5, 5.41) is 0. The van der Waals surface area contributed by atoms with E-state index in [-0.39, 0.29) is 24.5 Å². The molecule has 2 aromatic rings. The van der Waals surface area contributed by atoms with E-state index in [0.29, 0.717) is 22.6 Å². The minimum Gasteiger partial charge on any atom is -0.487 e. The summed E-state index contributed by atoms with van der Waals surface area (Å²) >= 11 is 0. The molecule has 3 rings (SSSR count). The van der Waals surface area contributed by atoms with Gasteiger partial charge in [-0.3, -0.25) is 0 Å². The van der Waals surface area contributed by atoms with Gasteiger partial charge in [0.05, 0.1) is 11.3 Å². The van der Waals surface area contributed by atoms with E-state index in [1.807, 2.05) is 0 Å². The van der Waals surface area contributed by atoms with Gasteiger partial charge in [0.25, 0.3) is 0 Å². The van der Waals surface area contributed by atoms with Crippen LogP contribution in [0.25, 0.3) is 0 Å². The van der Waals surface area contributed by atoms with Crippen molar-refractivity contribution < 1.29 is 18.7 Å². The quantitative estimate of drug-likeness (QED) is 0.642. The zero-order valence-electron chi connectivity index (χ0n) is 14.0. The molecular weight excluding hydrogens is 321 g/mol. The Kier molecular flexibility index (Phi) is 5.53. The summed E-state index contributed by atoms with van der Waals surface area (Å²) in [4.78, 5) is 12.3. The van der Waals surface area contributed by atoms with Crippen LogP contribution in [0, 0.1) is 5.82 Å². The molecule has 0 unspecified atom stereocenters. The van der Waals surface area contributed by atoms with Crippen molar-refractivity contribution in [2.24, 2.45) is 0 Å². The summed E-state index contributed by atoms with van der Waals surface area (Å²) in [5.41, 5.74) is 7.12. The second-order valence-electron chi connectivity index (χ2n) is 6.30. The Labute approximate surface area is 146 Å². The zero-order valence-corrected chi connectivity index (χ0v) is 14.0. The van der Waals surface area contributed by atoms with Gasteiger partial charge in [0.15, 0.2) is 0 Å². The SMILES string of the molecule is Nc1ccc(C(=O)OC2CCCCC2)cc1OCc1ccccc1F. The van der Waals surface area contributed by atoms with Crippen LogP contribution in [0.2, 0.25) is 0 Å². The first-order chi connectivity index (χ1) is 12.1. The lowest BCUT2D eigenvalue weighted by Crippen LogP contribution is -2.21. The van der Waals surface area contributed by atoms with Crippen LogP contribution < -0.4 is 10.5 Å². The Balaban J connectivity index is 1.67. The average molecular weight is 343 g/mol. The van der Waals surface area contributed by atoms with E-state index in [9.17, 15) is 9.18 Å². The number of nitrogen functional groups attached to an aromatic ring is 1. The van der Waals surface area contributed by atoms with Gasteiger partial charge in [-0.1, -0.05) is 24.6 Å². The van der Waals surface area contributed by atoms with Crippen molar-refractivity contribution >= 4 is 11.7 Å². The number of benzene rings is 2. The predicted molar refractivity (Wildman–Crippen MR) is 93.9 cm³/mol. The number of hydrogen-bond acceptors (Lipinski definition) is 4. The van der Waals surface area contributed by atoms with E-state index in [4.69, 9.17) is 15.2 Å². The summed E-state index contributed by atoms with van der Waals surface area (Å²) in [6.45, 7) is 0.0397. The topological polar surface area (TPSA) is 61.6 Å². The lowest BCUT2D eigenvalue weighted by Gasteiger charge is -2.22. The van der Waals surface area contributed by atoms with Gasteiger partial charge in [-0.15, -0.1) is 0 Å². The first kappa shape index (κ1) is 17.3. The monoisotopic (exact) mass is 343 g/mol. The molecule has 0 aromatic heterocycles. The number of ether oxygens (including phenoxy) is 2. The number of carbonyl (C=O) groups is 1. The van der Waals surface area contributed by atoms with Crippen LogP contribution in [0.1, 0.15) is 48.0 Å². The van der Waals surface area contributed by atoms with Gasteiger partial charge >= 0.3 is 5.97 Å². The Hall–Kier alpha value is -2.56. The van der Waals surface area contributed by atoms with Crippen molar-refractivity contribution in [1.82, 2.24) is 0 Å². The van der Waals surface area contributed by atoms with Crippen molar-refractivity contribution in [2.45, 2.75) is 44.8 Å². The number of anilines is 1. The number of nitrogens with two attached hydrogens (primary N) is 1. The summed E-state index contributed by atoms with van der Waals surface area (Å²) in [7, 11) is 0. The smallest absolute Gasteiger partial charge is 0.338 e. The second-order valence-corrected chi connectivity index (χ2v) is 6.30. The summed E-state index contributed by atoms with van der Waals surface area (Å²) < 4.78 is 24.8. The molecule has 0 bridgehead atoms. The van der Waals surface area contributed by atoms with Gasteiger partial charge in [0.2, 0.25) is 0 Å². The third kappa shape index (κ3) is 4.50. The molecule has 1 saturated carbocycles. The van der Waals surface area contributed by atoms with Crippen LogP contribution in [0.4, 0.5) is 10.1 Å². The molecule has 0 heterocycles. The van der Waals surface area contributed by atoms with Gasteiger partial charge < -0.3 is 15.2 Å². The normalized spacial score (nSPS) is 14.9. The highest BCUT2D eigenvalue weighted by Gasteiger charge is 2.19. The van der Waals surface area contributed by atoms with E-state index < -0.39 is 0 Å². The van der Waals surface area contributed by atoms with E-state index in [1.165, 1.54) is 12.5 Å². The van der Waals surface area contributed by atoms with Crippen LogP contribution in [0.3, 0.4) is 0 Å². The largest absolute Gasteiger partial charge is 0.487 e. The molecule has 0 atom stereocenters. The standard InChI is InChI=1S/C20H22FNO3/c21-17-9-5-4-6-15(17)13-24-19-12-14(10-11-18(19)22)20(23)25-16-7-2-1-3-8-16/h4-6,9-12,16H,1-3,7-8,13,22H2. The highest BCUT2D eigenvalue weighted by atomic mass is 19.1. The first-order valence-electron chi connectivity index (χ1n) is 8.60. The fourth-order valence-electron chi connectivity index (χ4n) is 2.96. The van der Waals surface area contributed by atoms with Crippen molar-refractivity contribution in [3.8, 4) is 5.75 Å². The number of hydrogen-bond donors (Lipinski definition) is 1. The summed E-state index contributed by atoms with van der Waals surface area (Å²) in [5.74, 6) is -0.363. The minimum absolute atomic E-state index is 0.0124. The van der Waals surface area contributed by atoms with Crippen LogP contribution in [-0.2, 0) is 11.3 Å². The van der Waals surface area contributed by atoms with Gasteiger partial charge in [0.1, 0.15) is 24.3 Å². The molecule has 4 nitrogen and oxygen atoms in total. The molecule has 2 aromatic carbocycles. The molecule has 1 fully saturated rings. The fraction of sp³-hybridized carbons (Fsp3) is 0.350. The maximum Gasteiger partial charge on any atom is 0.338 e. The third-order valence-electron chi connectivity index (χ3n) is 4.42. The van der Waals surface area contributed by atoms with Crippen LogP contribution in [-0.4, -0.2) is 12.1 Å². The van der Waals surface area contributed by atoms with E-state index in [2.05, 4.69) is 0 Å². The molecule has 132 valence electrons. The zero-order chi connectivity index (χ0) is 17.6. The Morgan fingerprint density at radius 2 is 1.88 bits per heavy atom. The molecule has 0 saturated heterocycles. The maximum atomic E-state index is 13.7. The van der Waals surface area contributed by atoms with Crippen molar-refractivity contribution in [3.63, 3.8) is 0 Å². The number of rotatable bonds is 5. The van der Waals surface area contributed by atoms with Gasteiger partial charge in [-0.25, -0.2) is 9.18 Å². The number of esters is 1. The van der Waals surface area contributed by atoms with Crippen molar-refractivity contribution in [2.75, 3.05) is 5.73 Å². The molecule has 0 spiro atoms. The molecule has 1 aliphatic rings. The Bertz CT molecular complexity index is 741. The number of carbonyl (C=O) groups excluding carboxylic acids is 1. The highest BCUT2D eigenvalue weighted by Crippen LogP contribution is 2.26. The summed E-state index contributed by atoms with van der Waals surface area (Å²) in [6.07, 6.45) is 5.20. The molecule has 1 aliphatic carbocycles. The third-order valence-corrected chi connectivity index (χ3v) is 4.42. The molecule has 25 heavy (non-hydrogen) atoms. The van der Waals surface area contributed by atoms with Crippen molar-refractivity contribution in [1.29, 1.82) is 0 Å². The highest BCUT2D eigenvalue weighted by molar-refractivity contribution is 5.90. The Morgan fingerprint density at radius 1 is 1.12 bits per heavy atom. The van der Waals surface area contributed by atoms with E-state index >= 15 is 0 Å². The lowest BCUT2D eigenvalue weighted by molar-refractivity contribution is 0.0210. The molecule has 2 N–H and O–H groups in total. The van der Waals surface area contributed by atoms with Gasteiger partial charge in [-0.05, 0) is 49.9 Å². The average Bonchev–Trinajstić information content (AvgIpc) is 2.63. The van der Waals surface area contributed by atoms with Crippen LogP contribution in [0.15, 0.2) is 42.5 Å². The second kappa shape index (κ2) is 8.01. The number of halogens is 1. The lowest BCUT2D eigenvalue weighted by atomic mass is 9.98. The molecule has 0 radical (unpaired) electrons. The summed E-state index contributed by atoms with van der Waals surface area (Å²) in [6, 6.07) is 11.2. The molecule has 0 amide bonds. The van der Waals surface area contributed by atoms with Crippen LogP contribution in [0.5, 0.6) is 5.75 Å². The minimum atomic E-state index is -0.373. The van der Waals surface area contributed by atoms with E-state index in [0.717, 1.165) is 25.7 Å². The predicted octanol–water partition coefficient (Wildman–Crippen LogP) is 4.48.